The number of oxazole rings is 1. The first-order chi connectivity index (χ1) is 8.49. The largest absolute Gasteiger partial charge is 0.419 e. The van der Waals surface area contributed by atoms with Gasteiger partial charge in [0.05, 0.1) is 17.5 Å². The Kier molecular flexibility index (Phi) is 3.24. The van der Waals surface area contributed by atoms with E-state index in [4.69, 9.17) is 4.42 Å². The third kappa shape index (κ3) is 2.05. The van der Waals surface area contributed by atoms with Crippen LogP contribution in [0.3, 0.4) is 0 Å². The van der Waals surface area contributed by atoms with Gasteiger partial charge in [0, 0.05) is 12.6 Å². The summed E-state index contributed by atoms with van der Waals surface area (Å²) in [6.07, 6.45) is 0. The van der Waals surface area contributed by atoms with Crippen molar-refractivity contribution in [1.82, 2.24) is 9.45 Å². The van der Waals surface area contributed by atoms with Gasteiger partial charge in [0.15, 0.2) is 5.58 Å². The predicted octanol–water partition coefficient (Wildman–Crippen LogP) is 0.454. The molecule has 8 heteroatoms. The molecule has 0 aliphatic rings. The summed E-state index contributed by atoms with van der Waals surface area (Å²) < 4.78 is 29.7. The van der Waals surface area contributed by atoms with E-state index < -0.39 is 15.8 Å². The van der Waals surface area contributed by atoms with Crippen molar-refractivity contribution < 1.29 is 17.7 Å². The van der Waals surface area contributed by atoms with Crippen LogP contribution in [0.1, 0.15) is 6.92 Å². The summed E-state index contributed by atoms with van der Waals surface area (Å²) in [5, 5.41) is 0. The molecule has 1 N–H and O–H groups in total. The van der Waals surface area contributed by atoms with E-state index in [1.807, 2.05) is 4.89 Å². The second-order valence-electron chi connectivity index (χ2n) is 3.53. The molecular formula is C10H12N2O5S. The van der Waals surface area contributed by atoms with E-state index in [1.54, 1.807) is 6.92 Å². The van der Waals surface area contributed by atoms with Crippen LogP contribution < -0.4 is 10.6 Å². The zero-order chi connectivity index (χ0) is 13.3. The second kappa shape index (κ2) is 4.56. The minimum absolute atomic E-state index is 0.0335. The molecule has 98 valence electrons. The molecule has 0 spiro atoms. The number of rotatable bonds is 4. The summed E-state index contributed by atoms with van der Waals surface area (Å²) >= 11 is 0. The van der Waals surface area contributed by atoms with Crippen LogP contribution >= 0.6 is 0 Å². The number of hydrogen-bond donors (Lipinski definition) is 1. The monoisotopic (exact) mass is 272 g/mol. The van der Waals surface area contributed by atoms with Crippen LogP contribution in [0.15, 0.2) is 32.3 Å². The second-order valence-corrected chi connectivity index (χ2v) is 5.18. The van der Waals surface area contributed by atoms with E-state index in [-0.39, 0.29) is 10.5 Å². The number of nitrogens with zero attached hydrogens (tertiary/aromatic N) is 1. The SMILES string of the molecule is CCn1c(=O)oc2cc(S(=O)(=O)NOC)ccc21. The quantitative estimate of drug-likeness (QED) is 0.816. The zero-order valence-corrected chi connectivity index (χ0v) is 10.7. The van der Waals surface area contributed by atoms with Crippen molar-refractivity contribution >= 4 is 21.1 Å². The van der Waals surface area contributed by atoms with Crippen molar-refractivity contribution in [2.45, 2.75) is 18.4 Å². The molecule has 7 nitrogen and oxygen atoms in total. The summed E-state index contributed by atoms with van der Waals surface area (Å²) in [6.45, 7) is 2.25. The average Bonchev–Trinajstić information content (AvgIpc) is 2.63. The van der Waals surface area contributed by atoms with Crippen LogP contribution in [0, 0.1) is 0 Å². The lowest BCUT2D eigenvalue weighted by Gasteiger charge is -2.03. The number of fused-ring (bicyclic) bond motifs is 1. The molecule has 18 heavy (non-hydrogen) atoms. The fraction of sp³-hybridized carbons (Fsp3) is 0.300. The van der Waals surface area contributed by atoms with Gasteiger partial charge in [-0.1, -0.05) is 4.89 Å². The molecule has 0 aliphatic carbocycles. The maximum absolute atomic E-state index is 11.7. The Hall–Kier alpha value is -1.64. The molecule has 0 amide bonds. The number of aryl methyl sites for hydroxylation is 1. The van der Waals surface area contributed by atoms with Crippen molar-refractivity contribution in [2.24, 2.45) is 0 Å². The van der Waals surface area contributed by atoms with Gasteiger partial charge in [0.1, 0.15) is 0 Å². The molecule has 2 aromatic rings. The van der Waals surface area contributed by atoms with Crippen molar-refractivity contribution in [1.29, 1.82) is 0 Å². The van der Waals surface area contributed by atoms with Crippen molar-refractivity contribution in [3.8, 4) is 0 Å². The Labute approximate surface area is 103 Å². The van der Waals surface area contributed by atoms with Gasteiger partial charge in [0.2, 0.25) is 0 Å². The van der Waals surface area contributed by atoms with Gasteiger partial charge in [-0.05, 0) is 19.1 Å². The van der Waals surface area contributed by atoms with E-state index in [9.17, 15) is 13.2 Å². The van der Waals surface area contributed by atoms with E-state index in [1.165, 1.54) is 29.9 Å². The van der Waals surface area contributed by atoms with Crippen molar-refractivity contribution in [3.05, 3.63) is 28.7 Å². The van der Waals surface area contributed by atoms with Gasteiger partial charge in [-0.2, -0.15) is 0 Å². The normalized spacial score (nSPS) is 12.1. The first-order valence-electron chi connectivity index (χ1n) is 5.17. The molecule has 0 saturated heterocycles. The molecule has 1 aromatic carbocycles. The highest BCUT2D eigenvalue weighted by molar-refractivity contribution is 7.89. The maximum atomic E-state index is 11.7. The molecule has 0 aliphatic heterocycles. The number of nitrogens with one attached hydrogen (secondary N) is 1. The standard InChI is InChI=1S/C10H12N2O5S/c1-3-12-8-5-4-7(18(14,15)11-16-2)6-9(8)17-10(12)13/h4-6,11H,3H2,1-2H3. The Morgan fingerprint density at radius 1 is 1.44 bits per heavy atom. The number of hydrogen-bond acceptors (Lipinski definition) is 5. The molecule has 0 saturated carbocycles. The van der Waals surface area contributed by atoms with E-state index >= 15 is 0 Å². The molecule has 0 radical (unpaired) electrons. The molecule has 0 fully saturated rings. The Balaban J connectivity index is 2.63. The Bertz CT molecular complexity index is 728. The van der Waals surface area contributed by atoms with Gasteiger partial charge >= 0.3 is 5.76 Å². The Morgan fingerprint density at radius 3 is 2.78 bits per heavy atom. The Morgan fingerprint density at radius 2 is 2.17 bits per heavy atom. The van der Waals surface area contributed by atoms with E-state index in [0.29, 0.717) is 12.1 Å². The molecule has 1 aromatic heterocycles. The minimum Gasteiger partial charge on any atom is -0.408 e. The summed E-state index contributed by atoms with van der Waals surface area (Å²) in [7, 11) is -2.56. The average molecular weight is 272 g/mol. The van der Waals surface area contributed by atoms with E-state index in [2.05, 4.69) is 4.84 Å². The lowest BCUT2D eigenvalue weighted by Crippen LogP contribution is -2.22. The number of benzene rings is 1. The van der Waals surface area contributed by atoms with Crippen molar-refractivity contribution in [2.75, 3.05) is 7.11 Å². The van der Waals surface area contributed by atoms with Crippen LogP contribution in [-0.2, 0) is 21.4 Å². The van der Waals surface area contributed by atoms with Gasteiger partial charge in [-0.15, -0.1) is 0 Å². The van der Waals surface area contributed by atoms with Crippen LogP contribution in [0.4, 0.5) is 0 Å². The van der Waals surface area contributed by atoms with Crippen LogP contribution in [0.25, 0.3) is 11.1 Å². The van der Waals surface area contributed by atoms with Gasteiger partial charge in [0.25, 0.3) is 10.0 Å². The van der Waals surface area contributed by atoms with Crippen molar-refractivity contribution in [3.63, 3.8) is 0 Å². The molecule has 2 rings (SSSR count). The smallest absolute Gasteiger partial charge is 0.408 e. The molecular weight excluding hydrogens is 260 g/mol. The van der Waals surface area contributed by atoms with Gasteiger partial charge in [-0.25, -0.2) is 13.2 Å². The predicted molar refractivity (Wildman–Crippen MR) is 63.5 cm³/mol. The first-order valence-corrected chi connectivity index (χ1v) is 6.66. The lowest BCUT2D eigenvalue weighted by molar-refractivity contribution is 0.153. The fourth-order valence-corrected chi connectivity index (χ4v) is 2.50. The van der Waals surface area contributed by atoms with E-state index in [0.717, 1.165) is 0 Å². The zero-order valence-electron chi connectivity index (χ0n) is 9.84. The maximum Gasteiger partial charge on any atom is 0.419 e. The number of aromatic nitrogens is 1. The molecule has 0 atom stereocenters. The topological polar surface area (TPSA) is 90.5 Å². The van der Waals surface area contributed by atoms with Crippen LogP contribution in [0.2, 0.25) is 0 Å². The molecule has 1 heterocycles. The highest BCUT2D eigenvalue weighted by atomic mass is 32.2. The third-order valence-corrected chi connectivity index (χ3v) is 3.72. The minimum atomic E-state index is -3.76. The highest BCUT2D eigenvalue weighted by Crippen LogP contribution is 2.18. The van der Waals surface area contributed by atoms with Gasteiger partial charge in [-0.3, -0.25) is 9.40 Å². The summed E-state index contributed by atoms with van der Waals surface area (Å²) in [4.78, 5) is 17.7. The summed E-state index contributed by atoms with van der Waals surface area (Å²) in [6, 6.07) is 4.18. The summed E-state index contributed by atoms with van der Waals surface area (Å²) in [5.74, 6) is -0.512. The first kappa shape index (κ1) is 12.8. The van der Waals surface area contributed by atoms with Crippen LogP contribution in [0.5, 0.6) is 0 Å². The van der Waals surface area contributed by atoms with Crippen LogP contribution in [-0.4, -0.2) is 20.1 Å². The highest BCUT2D eigenvalue weighted by Gasteiger charge is 2.16. The fourth-order valence-electron chi connectivity index (χ4n) is 1.67. The van der Waals surface area contributed by atoms with Gasteiger partial charge < -0.3 is 4.42 Å². The lowest BCUT2D eigenvalue weighted by atomic mass is 10.3. The summed E-state index contributed by atoms with van der Waals surface area (Å²) in [5.41, 5.74) is 0.777. The third-order valence-electron chi connectivity index (χ3n) is 2.46. The molecule has 0 unspecified atom stereocenters. The number of sulfonamides is 1. The molecule has 0 bridgehead atoms.